The van der Waals surface area contributed by atoms with Gasteiger partial charge in [-0.05, 0) is 19.4 Å². The zero-order valence-corrected chi connectivity index (χ0v) is 11.5. The van der Waals surface area contributed by atoms with E-state index in [2.05, 4.69) is 32.0 Å². The van der Waals surface area contributed by atoms with Crippen molar-refractivity contribution in [3.63, 3.8) is 0 Å². The van der Waals surface area contributed by atoms with Crippen molar-refractivity contribution in [3.8, 4) is 0 Å². The Bertz CT molecular complexity index is 385. The number of epoxide rings is 1. The molecule has 16 heavy (non-hydrogen) atoms. The van der Waals surface area contributed by atoms with Crippen molar-refractivity contribution in [1.82, 2.24) is 0 Å². The van der Waals surface area contributed by atoms with Crippen LogP contribution in [-0.4, -0.2) is 10.4 Å². The lowest BCUT2D eigenvalue weighted by molar-refractivity contribution is 0.294. The van der Waals surface area contributed by atoms with E-state index in [1.54, 1.807) is 0 Å². The number of hydrogen-bond donors (Lipinski definition) is 0. The van der Waals surface area contributed by atoms with Crippen LogP contribution in [0.4, 0.5) is 0 Å². The smallest absolute Gasteiger partial charge is 0.193 e. The van der Waals surface area contributed by atoms with Gasteiger partial charge in [0.05, 0.1) is 6.61 Å². The second-order valence-electron chi connectivity index (χ2n) is 4.45. The standard InChI is InChI=1S/C12H13Cl3O/c1-8-3-9(2)5-10(4-8)11(7-16-11)6-12(13,14)15/h3-5H,6-7H2,1-2H3. The van der Waals surface area contributed by atoms with E-state index >= 15 is 0 Å². The van der Waals surface area contributed by atoms with Crippen molar-refractivity contribution in [3.05, 3.63) is 34.9 Å². The van der Waals surface area contributed by atoms with Gasteiger partial charge in [-0.3, -0.25) is 0 Å². The number of hydrogen-bond acceptors (Lipinski definition) is 1. The Morgan fingerprint density at radius 1 is 1.19 bits per heavy atom. The molecule has 0 aromatic heterocycles. The molecule has 0 bridgehead atoms. The van der Waals surface area contributed by atoms with Crippen molar-refractivity contribution in [1.29, 1.82) is 0 Å². The van der Waals surface area contributed by atoms with Crippen LogP contribution in [0.2, 0.25) is 0 Å². The van der Waals surface area contributed by atoms with Gasteiger partial charge in [0, 0.05) is 6.42 Å². The number of halogens is 3. The van der Waals surface area contributed by atoms with Gasteiger partial charge in [-0.25, -0.2) is 0 Å². The van der Waals surface area contributed by atoms with Gasteiger partial charge in [0.2, 0.25) is 0 Å². The maximum absolute atomic E-state index is 5.84. The number of alkyl halides is 3. The van der Waals surface area contributed by atoms with E-state index in [4.69, 9.17) is 39.5 Å². The largest absolute Gasteiger partial charge is 0.364 e. The topological polar surface area (TPSA) is 12.5 Å². The summed E-state index contributed by atoms with van der Waals surface area (Å²) >= 11 is 17.5. The van der Waals surface area contributed by atoms with E-state index in [0.29, 0.717) is 13.0 Å². The van der Waals surface area contributed by atoms with Gasteiger partial charge in [0.25, 0.3) is 0 Å². The molecule has 1 aromatic carbocycles. The Hall–Kier alpha value is 0.0500. The Kier molecular flexibility index (Phi) is 3.17. The molecule has 0 radical (unpaired) electrons. The molecule has 1 unspecified atom stereocenters. The Labute approximate surface area is 111 Å². The maximum Gasteiger partial charge on any atom is 0.193 e. The zero-order chi connectivity index (χ0) is 12.0. The fraction of sp³-hybridized carbons (Fsp3) is 0.500. The van der Waals surface area contributed by atoms with Gasteiger partial charge in [0.15, 0.2) is 3.79 Å². The summed E-state index contributed by atoms with van der Waals surface area (Å²) in [6.07, 6.45) is 0.396. The van der Waals surface area contributed by atoms with E-state index in [-0.39, 0.29) is 5.60 Å². The van der Waals surface area contributed by atoms with E-state index in [1.807, 2.05) is 0 Å². The molecule has 1 heterocycles. The first kappa shape index (κ1) is 12.5. The molecule has 2 rings (SSSR count). The molecule has 1 saturated heterocycles. The van der Waals surface area contributed by atoms with Gasteiger partial charge >= 0.3 is 0 Å². The molecular weight excluding hydrogens is 266 g/mol. The Balaban J connectivity index is 2.30. The normalized spacial score (nSPS) is 24.6. The van der Waals surface area contributed by atoms with E-state index < -0.39 is 3.79 Å². The SMILES string of the molecule is Cc1cc(C)cc(C2(CC(Cl)(Cl)Cl)CO2)c1. The van der Waals surface area contributed by atoms with Crippen LogP contribution >= 0.6 is 34.8 Å². The number of benzene rings is 1. The molecule has 0 spiro atoms. The third-order valence-electron chi connectivity index (χ3n) is 2.73. The summed E-state index contributed by atoms with van der Waals surface area (Å²) in [6, 6.07) is 6.31. The van der Waals surface area contributed by atoms with Gasteiger partial charge < -0.3 is 4.74 Å². The van der Waals surface area contributed by atoms with Crippen molar-refractivity contribution in [2.75, 3.05) is 6.61 Å². The molecule has 1 atom stereocenters. The fourth-order valence-corrected chi connectivity index (χ4v) is 2.67. The van der Waals surface area contributed by atoms with Gasteiger partial charge in [-0.1, -0.05) is 64.1 Å². The quantitative estimate of drug-likeness (QED) is 0.581. The minimum atomic E-state index is -1.27. The van der Waals surface area contributed by atoms with Crippen LogP contribution in [0.25, 0.3) is 0 Å². The first-order valence-corrected chi connectivity index (χ1v) is 6.24. The molecule has 0 aliphatic carbocycles. The molecule has 1 aliphatic rings. The van der Waals surface area contributed by atoms with Crippen LogP contribution in [0, 0.1) is 13.8 Å². The Morgan fingerprint density at radius 2 is 1.69 bits per heavy atom. The molecule has 0 N–H and O–H groups in total. The van der Waals surface area contributed by atoms with Crippen LogP contribution in [0.3, 0.4) is 0 Å². The molecule has 88 valence electrons. The summed E-state index contributed by atoms with van der Waals surface area (Å²) in [7, 11) is 0. The highest BCUT2D eigenvalue weighted by Crippen LogP contribution is 2.49. The lowest BCUT2D eigenvalue weighted by Crippen LogP contribution is -2.18. The van der Waals surface area contributed by atoms with Crippen LogP contribution in [-0.2, 0) is 10.3 Å². The van der Waals surface area contributed by atoms with Gasteiger partial charge in [-0.2, -0.15) is 0 Å². The van der Waals surface area contributed by atoms with Crippen molar-refractivity contribution >= 4 is 34.8 Å². The maximum atomic E-state index is 5.84. The lowest BCUT2D eigenvalue weighted by Gasteiger charge is -2.18. The molecule has 0 saturated carbocycles. The van der Waals surface area contributed by atoms with Crippen LogP contribution in [0.5, 0.6) is 0 Å². The highest BCUT2D eigenvalue weighted by Gasteiger charge is 2.51. The molecular formula is C12H13Cl3O. The third-order valence-corrected chi connectivity index (χ3v) is 3.13. The predicted molar refractivity (Wildman–Crippen MR) is 68.5 cm³/mol. The van der Waals surface area contributed by atoms with E-state index in [0.717, 1.165) is 5.56 Å². The van der Waals surface area contributed by atoms with Crippen molar-refractivity contribution in [2.45, 2.75) is 29.7 Å². The monoisotopic (exact) mass is 278 g/mol. The first-order chi connectivity index (χ1) is 7.31. The van der Waals surface area contributed by atoms with Crippen LogP contribution in [0.15, 0.2) is 18.2 Å². The molecule has 1 aromatic rings. The summed E-state index contributed by atoms with van der Waals surface area (Å²) < 4.78 is 4.25. The van der Waals surface area contributed by atoms with E-state index in [1.165, 1.54) is 11.1 Å². The summed E-state index contributed by atoms with van der Waals surface area (Å²) in [4.78, 5) is 0. The second kappa shape index (κ2) is 4.06. The summed E-state index contributed by atoms with van der Waals surface area (Å²) in [5, 5.41) is 0. The van der Waals surface area contributed by atoms with Gasteiger partial charge in [0.1, 0.15) is 5.60 Å². The van der Waals surface area contributed by atoms with Crippen LogP contribution in [0.1, 0.15) is 23.1 Å². The van der Waals surface area contributed by atoms with E-state index in [9.17, 15) is 0 Å². The summed E-state index contributed by atoms with van der Waals surface area (Å²) in [5.41, 5.74) is 3.13. The first-order valence-electron chi connectivity index (χ1n) is 5.10. The highest BCUT2D eigenvalue weighted by atomic mass is 35.6. The van der Waals surface area contributed by atoms with Gasteiger partial charge in [-0.15, -0.1) is 0 Å². The lowest BCUT2D eigenvalue weighted by atomic mass is 9.94. The molecule has 1 fully saturated rings. The number of rotatable bonds is 2. The van der Waals surface area contributed by atoms with Crippen molar-refractivity contribution < 1.29 is 4.74 Å². The molecule has 4 heteroatoms. The highest BCUT2D eigenvalue weighted by molar-refractivity contribution is 6.67. The second-order valence-corrected chi connectivity index (χ2v) is 6.97. The molecule has 0 amide bonds. The minimum Gasteiger partial charge on any atom is -0.364 e. The fourth-order valence-electron chi connectivity index (χ4n) is 2.02. The zero-order valence-electron chi connectivity index (χ0n) is 9.19. The predicted octanol–water partition coefficient (Wildman–Crippen LogP) is 4.29. The summed E-state index contributed by atoms with van der Waals surface area (Å²) in [6.45, 7) is 4.74. The minimum absolute atomic E-state index is 0.387. The average Bonchev–Trinajstić information content (AvgIpc) is 2.80. The molecule has 1 aliphatic heterocycles. The van der Waals surface area contributed by atoms with Crippen LogP contribution < -0.4 is 0 Å². The Morgan fingerprint density at radius 3 is 2.06 bits per heavy atom. The third kappa shape index (κ3) is 2.84. The molecule has 1 nitrogen and oxygen atoms in total. The summed E-state index contributed by atoms with van der Waals surface area (Å²) in [5.74, 6) is 0. The number of aryl methyl sites for hydroxylation is 2. The average molecular weight is 280 g/mol. The van der Waals surface area contributed by atoms with Crippen molar-refractivity contribution in [2.24, 2.45) is 0 Å². The number of ether oxygens (including phenoxy) is 1.